The topological polar surface area (TPSA) is 0 Å². The van der Waals surface area contributed by atoms with Crippen molar-refractivity contribution in [3.05, 3.63) is 112 Å². The number of benzene rings is 3. The van der Waals surface area contributed by atoms with Crippen LogP contribution in [-0.2, 0) is 16.2 Å². The van der Waals surface area contributed by atoms with Gasteiger partial charge in [0, 0.05) is 10.8 Å². The predicted octanol–water partition coefficient (Wildman–Crippen LogP) is 9.44. The molecule has 2 heterocycles. The lowest BCUT2D eigenvalue weighted by atomic mass is 9.32. The largest absolute Gasteiger partial charge is 0.243 e. The van der Waals surface area contributed by atoms with Crippen LogP contribution in [0.2, 0.25) is 0 Å². The van der Waals surface area contributed by atoms with Crippen LogP contribution in [0.5, 0.6) is 0 Å². The van der Waals surface area contributed by atoms with Crippen molar-refractivity contribution in [3.8, 4) is 11.1 Å². The van der Waals surface area contributed by atoms with Gasteiger partial charge in [-0.1, -0.05) is 165 Å². The van der Waals surface area contributed by atoms with Crippen molar-refractivity contribution in [2.24, 2.45) is 5.41 Å². The molecule has 41 heavy (non-hydrogen) atoms. The fraction of sp³-hybridized carbons (Fsp3) is 0.400. The Labute approximate surface area is 249 Å². The maximum Gasteiger partial charge on any atom is 0.243 e. The maximum atomic E-state index is 2.56. The Morgan fingerprint density at radius 2 is 1.37 bits per heavy atom. The van der Waals surface area contributed by atoms with Gasteiger partial charge in [0.1, 0.15) is 0 Å². The summed E-state index contributed by atoms with van der Waals surface area (Å²) in [5.74, 6) is 0. The molecule has 0 N–H and O–H groups in total. The van der Waals surface area contributed by atoms with Gasteiger partial charge in [-0.25, -0.2) is 0 Å². The highest BCUT2D eigenvalue weighted by Gasteiger charge is 2.51. The van der Waals surface area contributed by atoms with Gasteiger partial charge in [-0.05, 0) is 67.3 Å². The molecule has 0 atom stereocenters. The third kappa shape index (κ3) is 4.26. The Balaban J connectivity index is 1.61. The van der Waals surface area contributed by atoms with E-state index in [1.165, 1.54) is 50.0 Å². The van der Waals surface area contributed by atoms with E-state index in [0.29, 0.717) is 6.71 Å². The monoisotopic (exact) mass is 538 g/mol. The highest BCUT2D eigenvalue weighted by Crippen LogP contribution is 2.53. The van der Waals surface area contributed by atoms with Crippen LogP contribution in [0.25, 0.3) is 16.7 Å². The minimum absolute atomic E-state index is 0.00339. The number of hydrogen-bond acceptors (Lipinski definition) is 0. The van der Waals surface area contributed by atoms with E-state index in [0.717, 1.165) is 6.42 Å². The summed E-state index contributed by atoms with van der Waals surface area (Å²) in [6, 6.07) is 21.7. The van der Waals surface area contributed by atoms with Crippen molar-refractivity contribution in [1.29, 1.82) is 0 Å². The molecule has 0 saturated heterocycles. The van der Waals surface area contributed by atoms with E-state index in [9.17, 15) is 0 Å². The van der Waals surface area contributed by atoms with Gasteiger partial charge in [0.2, 0.25) is 6.71 Å². The second-order valence-corrected chi connectivity index (χ2v) is 15.8. The van der Waals surface area contributed by atoms with Crippen molar-refractivity contribution >= 4 is 23.2 Å². The van der Waals surface area contributed by atoms with Crippen molar-refractivity contribution in [2.45, 2.75) is 98.8 Å². The highest BCUT2D eigenvalue weighted by molar-refractivity contribution is 6.95. The molecule has 0 unspecified atom stereocenters. The summed E-state index contributed by atoms with van der Waals surface area (Å²) in [6.07, 6.45) is 8.31. The smallest absolute Gasteiger partial charge is 0.0842 e. The SMILES string of the molecule is CC/C=C\C1=CC(C)(C)C2=C1B1c3ccc(-c4ccc(C(C)(C)C)cc4)cc3C(C)(C)c3cc(C(C)(C)C)cc2c31. The molecule has 1 aliphatic carbocycles. The Morgan fingerprint density at radius 3 is 1.98 bits per heavy atom. The third-order valence-electron chi connectivity index (χ3n) is 9.96. The van der Waals surface area contributed by atoms with Gasteiger partial charge in [-0.3, -0.25) is 0 Å². The molecular weight excluding hydrogens is 491 g/mol. The fourth-order valence-electron chi connectivity index (χ4n) is 7.63. The van der Waals surface area contributed by atoms with E-state index < -0.39 is 0 Å². The zero-order chi connectivity index (χ0) is 29.7. The van der Waals surface area contributed by atoms with E-state index in [-0.39, 0.29) is 21.7 Å². The third-order valence-corrected chi connectivity index (χ3v) is 9.96. The molecule has 2 aliphatic heterocycles. The lowest BCUT2D eigenvalue weighted by Gasteiger charge is -2.40. The average Bonchev–Trinajstić information content (AvgIpc) is 3.37. The number of rotatable bonds is 3. The molecule has 0 bridgehead atoms. The molecule has 210 valence electrons. The summed E-state index contributed by atoms with van der Waals surface area (Å²) >= 11 is 0. The van der Waals surface area contributed by atoms with Crippen LogP contribution in [-0.4, -0.2) is 6.71 Å². The standard InChI is InChI=1S/C40H47B/c1-12-13-14-27-24-39(8,9)34-30-22-29(38(5,6)7)23-32-36(30)41(35(27)34)33-20-17-26(21-31(33)40(32,10)11)25-15-18-28(19-16-25)37(2,3)4/h13-24H,12H2,1-11H3/b14-13-. The van der Waals surface area contributed by atoms with Crippen LogP contribution >= 0.6 is 0 Å². The molecule has 3 aromatic rings. The second-order valence-electron chi connectivity index (χ2n) is 15.8. The van der Waals surface area contributed by atoms with Crippen LogP contribution in [0, 0.1) is 5.41 Å². The Kier molecular flexibility index (Phi) is 6.14. The molecule has 0 saturated carbocycles. The summed E-state index contributed by atoms with van der Waals surface area (Å²) in [5, 5.41) is 0. The minimum Gasteiger partial charge on any atom is -0.0842 e. The first kappa shape index (κ1) is 28.1. The molecule has 0 amide bonds. The Morgan fingerprint density at radius 1 is 0.732 bits per heavy atom. The quantitative estimate of drug-likeness (QED) is 0.291. The molecule has 0 spiro atoms. The fourth-order valence-corrected chi connectivity index (χ4v) is 7.63. The van der Waals surface area contributed by atoms with Crippen molar-refractivity contribution in [1.82, 2.24) is 0 Å². The molecule has 0 aromatic heterocycles. The number of hydrogen-bond donors (Lipinski definition) is 0. The van der Waals surface area contributed by atoms with Crippen molar-refractivity contribution in [3.63, 3.8) is 0 Å². The first-order valence-corrected chi connectivity index (χ1v) is 15.6. The van der Waals surface area contributed by atoms with E-state index >= 15 is 0 Å². The Hall–Kier alpha value is -3.06. The van der Waals surface area contributed by atoms with Crippen LogP contribution < -0.4 is 10.9 Å². The highest BCUT2D eigenvalue weighted by atomic mass is 14.4. The summed E-state index contributed by atoms with van der Waals surface area (Å²) in [5.41, 5.74) is 17.6. The zero-order valence-electron chi connectivity index (χ0n) is 27.2. The lowest BCUT2D eigenvalue weighted by molar-refractivity contribution is 0.582. The molecule has 3 aliphatic rings. The van der Waals surface area contributed by atoms with Gasteiger partial charge < -0.3 is 0 Å². The average molecular weight is 539 g/mol. The lowest BCUT2D eigenvalue weighted by Crippen LogP contribution is -2.55. The first-order chi connectivity index (χ1) is 19.1. The first-order valence-electron chi connectivity index (χ1n) is 15.6. The van der Waals surface area contributed by atoms with Crippen LogP contribution in [0.1, 0.15) is 110 Å². The summed E-state index contributed by atoms with van der Waals surface area (Å²) in [7, 11) is 0. The normalized spacial score (nSPS) is 18.5. The van der Waals surface area contributed by atoms with Gasteiger partial charge in [-0.2, -0.15) is 0 Å². The van der Waals surface area contributed by atoms with Crippen LogP contribution in [0.3, 0.4) is 0 Å². The van der Waals surface area contributed by atoms with Crippen LogP contribution in [0.15, 0.2) is 83.9 Å². The molecule has 0 radical (unpaired) electrons. The van der Waals surface area contributed by atoms with E-state index in [1.807, 2.05) is 0 Å². The number of allylic oxidation sites excluding steroid dienone is 6. The molecule has 3 aromatic carbocycles. The summed E-state index contributed by atoms with van der Waals surface area (Å²) in [4.78, 5) is 0. The number of fused-ring (bicyclic) bond motifs is 4. The molecule has 1 heteroatoms. The zero-order valence-corrected chi connectivity index (χ0v) is 27.2. The van der Waals surface area contributed by atoms with Gasteiger partial charge >= 0.3 is 0 Å². The minimum atomic E-state index is -0.0917. The summed E-state index contributed by atoms with van der Waals surface area (Å²) in [6.45, 7) is 26.2. The van der Waals surface area contributed by atoms with Gasteiger partial charge in [0.25, 0.3) is 0 Å². The Bertz CT molecular complexity index is 1650. The second kappa shape index (κ2) is 8.97. The predicted molar refractivity (Wildman–Crippen MR) is 181 cm³/mol. The molecular formula is C40H47B. The van der Waals surface area contributed by atoms with E-state index in [4.69, 9.17) is 0 Å². The molecule has 0 fully saturated rings. The van der Waals surface area contributed by atoms with E-state index in [1.54, 1.807) is 16.5 Å². The molecule has 6 rings (SSSR count). The van der Waals surface area contributed by atoms with Gasteiger partial charge in [-0.15, -0.1) is 0 Å². The van der Waals surface area contributed by atoms with E-state index in [2.05, 4.69) is 149 Å². The van der Waals surface area contributed by atoms with Gasteiger partial charge in [0.05, 0.1) is 0 Å². The summed E-state index contributed by atoms with van der Waals surface area (Å²) < 4.78 is 0. The van der Waals surface area contributed by atoms with Crippen LogP contribution in [0.4, 0.5) is 0 Å². The molecule has 0 nitrogen and oxygen atoms in total. The van der Waals surface area contributed by atoms with Gasteiger partial charge in [0.15, 0.2) is 0 Å². The maximum absolute atomic E-state index is 2.56. The van der Waals surface area contributed by atoms with Crippen molar-refractivity contribution < 1.29 is 0 Å². The van der Waals surface area contributed by atoms with Crippen molar-refractivity contribution in [2.75, 3.05) is 0 Å².